The van der Waals surface area contributed by atoms with Gasteiger partial charge in [0.1, 0.15) is 0 Å². The van der Waals surface area contributed by atoms with Gasteiger partial charge in [0.2, 0.25) is 0 Å². The van der Waals surface area contributed by atoms with Gasteiger partial charge >= 0.3 is 0 Å². The van der Waals surface area contributed by atoms with Gasteiger partial charge in [-0.1, -0.05) is 98.1 Å². The van der Waals surface area contributed by atoms with Crippen LogP contribution < -0.4 is 4.90 Å². The van der Waals surface area contributed by atoms with E-state index in [0.717, 1.165) is 66.7 Å². The lowest BCUT2D eigenvalue weighted by atomic mass is 9.91. The van der Waals surface area contributed by atoms with Crippen LogP contribution in [0.25, 0.3) is 16.0 Å². The second-order valence-corrected chi connectivity index (χ2v) is 9.68. The van der Waals surface area contributed by atoms with Gasteiger partial charge in [0.05, 0.1) is 24.3 Å². The summed E-state index contributed by atoms with van der Waals surface area (Å²) in [6, 6.07) is 32.0. The number of aliphatic hydroxyl groups excluding tert-OH is 1. The van der Waals surface area contributed by atoms with Crippen LogP contribution in [0.3, 0.4) is 0 Å². The summed E-state index contributed by atoms with van der Waals surface area (Å²) >= 11 is 0. The molecule has 1 heterocycles. The molecule has 0 amide bonds. The zero-order valence-electron chi connectivity index (χ0n) is 23.0. The summed E-state index contributed by atoms with van der Waals surface area (Å²) in [5, 5.41) is 29.0. The van der Waals surface area contributed by atoms with Gasteiger partial charge in [-0.05, 0) is 53.8 Å². The first-order valence-corrected chi connectivity index (χ1v) is 13.9. The summed E-state index contributed by atoms with van der Waals surface area (Å²) in [6.07, 6.45) is 10.7. The van der Waals surface area contributed by atoms with Crippen LogP contribution in [0.5, 0.6) is 0 Å². The fraction of sp³-hybridized carbons (Fsp3) is 0.194. The standard InChI is InChI=1S/C36H32N4O/c1-39-34(27-38)36(29-17-9-6-10-18-29)30(26-37)21-22-31-25-33(28-15-7-5-8-16-28)32-19-11-12-20-35(32)40(31)23-13-3-2-4-14-24-41/h5-12,15-22,25,41H,2-4,13-14,23-24H2/b30-21?,31-22?,36-34-. The maximum absolute atomic E-state index is 10.2. The largest absolute Gasteiger partial charge is 0.396 e. The van der Waals surface area contributed by atoms with Crippen molar-refractivity contribution in [3.05, 3.63) is 148 Å². The molecule has 1 aliphatic heterocycles. The molecule has 0 atom stereocenters. The van der Waals surface area contributed by atoms with Gasteiger partial charge in [-0.25, -0.2) is 10.1 Å². The lowest BCUT2D eigenvalue weighted by Gasteiger charge is -2.33. The zero-order chi connectivity index (χ0) is 28.9. The van der Waals surface area contributed by atoms with Crippen molar-refractivity contribution in [1.82, 2.24) is 0 Å². The minimum absolute atomic E-state index is 0.114. The molecule has 0 bridgehead atoms. The molecule has 0 fully saturated rings. The van der Waals surface area contributed by atoms with Crippen molar-refractivity contribution < 1.29 is 5.11 Å². The molecule has 0 aromatic heterocycles. The molecule has 0 aliphatic carbocycles. The lowest BCUT2D eigenvalue weighted by molar-refractivity contribution is 0.282. The molecule has 5 nitrogen and oxygen atoms in total. The number of nitrogens with zero attached hydrogens (tertiary/aromatic N) is 4. The number of anilines is 1. The number of unbranched alkanes of at least 4 members (excludes halogenated alkanes) is 4. The summed E-state index contributed by atoms with van der Waals surface area (Å²) in [5.41, 5.74) is 6.50. The van der Waals surface area contributed by atoms with Crippen molar-refractivity contribution >= 4 is 16.8 Å². The van der Waals surface area contributed by atoms with E-state index in [1.165, 1.54) is 0 Å². The average Bonchev–Trinajstić information content (AvgIpc) is 3.03. The van der Waals surface area contributed by atoms with Crippen LogP contribution in [-0.2, 0) is 0 Å². The molecule has 0 radical (unpaired) electrons. The van der Waals surface area contributed by atoms with Crippen molar-refractivity contribution in [2.75, 3.05) is 18.1 Å². The molecule has 3 aromatic carbocycles. The van der Waals surface area contributed by atoms with E-state index < -0.39 is 0 Å². The quantitative estimate of drug-likeness (QED) is 0.116. The molecule has 202 valence electrons. The fourth-order valence-corrected chi connectivity index (χ4v) is 5.04. The number of aliphatic hydroxyl groups is 1. The molecular weight excluding hydrogens is 504 g/mol. The third-order valence-electron chi connectivity index (χ3n) is 7.04. The van der Waals surface area contributed by atoms with E-state index in [0.29, 0.717) is 11.1 Å². The van der Waals surface area contributed by atoms with Crippen LogP contribution in [0.15, 0.2) is 120 Å². The maximum atomic E-state index is 10.2. The van der Waals surface area contributed by atoms with Crippen LogP contribution in [0.2, 0.25) is 0 Å². The number of fused-ring (bicyclic) bond motifs is 1. The van der Waals surface area contributed by atoms with Crippen LogP contribution in [0, 0.1) is 29.2 Å². The smallest absolute Gasteiger partial charge is 0.270 e. The number of nitriles is 2. The van der Waals surface area contributed by atoms with Gasteiger partial charge in [-0.3, -0.25) is 0 Å². The predicted molar refractivity (Wildman–Crippen MR) is 165 cm³/mol. The molecule has 0 unspecified atom stereocenters. The van der Waals surface area contributed by atoms with Crippen LogP contribution >= 0.6 is 0 Å². The van der Waals surface area contributed by atoms with Crippen molar-refractivity contribution in [3.63, 3.8) is 0 Å². The normalized spacial score (nSPS) is 14.3. The third-order valence-corrected chi connectivity index (χ3v) is 7.04. The van der Waals surface area contributed by atoms with Gasteiger partial charge in [0, 0.05) is 35.7 Å². The topological polar surface area (TPSA) is 75.4 Å². The minimum Gasteiger partial charge on any atom is -0.396 e. The molecule has 5 heteroatoms. The molecular formula is C36H32N4O. The van der Waals surface area contributed by atoms with Crippen LogP contribution in [-0.4, -0.2) is 18.3 Å². The minimum atomic E-state index is -0.114. The number of benzene rings is 3. The van der Waals surface area contributed by atoms with Crippen molar-refractivity contribution in [2.24, 2.45) is 0 Å². The highest BCUT2D eigenvalue weighted by Gasteiger charge is 2.23. The Balaban J connectivity index is 1.82. The number of rotatable bonds is 11. The Morgan fingerprint density at radius 1 is 0.829 bits per heavy atom. The highest BCUT2D eigenvalue weighted by molar-refractivity contribution is 5.92. The van der Waals surface area contributed by atoms with Crippen molar-refractivity contribution in [3.8, 4) is 12.1 Å². The van der Waals surface area contributed by atoms with Gasteiger partial charge < -0.3 is 10.0 Å². The number of allylic oxidation sites excluding steroid dienone is 6. The van der Waals surface area contributed by atoms with Crippen molar-refractivity contribution in [1.29, 1.82) is 10.5 Å². The van der Waals surface area contributed by atoms with Gasteiger partial charge in [0.15, 0.2) is 0 Å². The van der Waals surface area contributed by atoms with Gasteiger partial charge in [0.25, 0.3) is 5.70 Å². The summed E-state index contributed by atoms with van der Waals surface area (Å²) in [6.45, 7) is 8.59. The van der Waals surface area contributed by atoms with Gasteiger partial charge in [-0.2, -0.15) is 5.26 Å². The van der Waals surface area contributed by atoms with Crippen LogP contribution in [0.4, 0.5) is 5.69 Å². The Kier molecular flexibility index (Phi) is 10.5. The summed E-state index contributed by atoms with van der Waals surface area (Å²) in [7, 11) is 0. The van der Waals surface area contributed by atoms with E-state index in [1.54, 1.807) is 6.08 Å². The maximum Gasteiger partial charge on any atom is 0.270 e. The molecule has 41 heavy (non-hydrogen) atoms. The highest BCUT2D eigenvalue weighted by atomic mass is 16.2. The summed E-state index contributed by atoms with van der Waals surface area (Å²) < 4.78 is 0. The van der Waals surface area contributed by atoms with E-state index >= 15 is 0 Å². The number of hydrogen-bond donors (Lipinski definition) is 1. The Morgan fingerprint density at radius 2 is 1.49 bits per heavy atom. The Morgan fingerprint density at radius 3 is 2.17 bits per heavy atom. The predicted octanol–water partition coefficient (Wildman–Crippen LogP) is 8.07. The van der Waals surface area contributed by atoms with E-state index in [2.05, 4.69) is 52.2 Å². The molecule has 1 aliphatic rings. The average molecular weight is 537 g/mol. The molecule has 1 N–H and O–H groups in total. The molecule has 0 spiro atoms. The lowest BCUT2D eigenvalue weighted by Crippen LogP contribution is -2.26. The highest BCUT2D eigenvalue weighted by Crippen LogP contribution is 2.39. The molecule has 3 aromatic rings. The number of para-hydroxylation sites is 1. The van der Waals surface area contributed by atoms with Crippen molar-refractivity contribution in [2.45, 2.75) is 32.1 Å². The third kappa shape index (κ3) is 7.09. The van der Waals surface area contributed by atoms with E-state index in [1.807, 2.05) is 66.7 Å². The van der Waals surface area contributed by atoms with E-state index in [-0.39, 0.29) is 17.9 Å². The summed E-state index contributed by atoms with van der Waals surface area (Å²) in [5.74, 6) is 0. The zero-order valence-corrected chi connectivity index (χ0v) is 23.0. The first-order valence-electron chi connectivity index (χ1n) is 13.9. The van der Waals surface area contributed by atoms with Crippen LogP contribution in [0.1, 0.15) is 48.8 Å². The first-order chi connectivity index (χ1) is 20.2. The fourth-order valence-electron chi connectivity index (χ4n) is 5.04. The first kappa shape index (κ1) is 28.8. The summed E-state index contributed by atoms with van der Waals surface area (Å²) in [4.78, 5) is 5.72. The molecule has 0 saturated carbocycles. The SMILES string of the molecule is [C-]#[N+]/C(C#N)=C(\C(C#N)=CC=C1C=C(c2ccccc2)c2ccccc2N1CCCCCCCO)c1ccccc1. The Labute approximate surface area is 242 Å². The second-order valence-electron chi connectivity index (χ2n) is 9.68. The monoisotopic (exact) mass is 536 g/mol. The number of hydrogen-bond acceptors (Lipinski definition) is 4. The Hall–Kier alpha value is -5.15. The second kappa shape index (κ2) is 14.9. The molecule has 4 rings (SSSR count). The Bertz CT molecular complexity index is 1580. The van der Waals surface area contributed by atoms with Gasteiger partial charge in [-0.15, -0.1) is 0 Å². The van der Waals surface area contributed by atoms with E-state index in [9.17, 15) is 10.5 Å². The van der Waals surface area contributed by atoms with E-state index in [4.69, 9.17) is 11.7 Å². The molecule has 0 saturated heterocycles.